The van der Waals surface area contributed by atoms with Crippen LogP contribution in [0.5, 0.6) is 0 Å². The zero-order valence-corrected chi connectivity index (χ0v) is 21.9. The topological polar surface area (TPSA) is 153 Å². The number of carboxylic acid groups (broad SMARTS) is 1. The summed E-state index contributed by atoms with van der Waals surface area (Å²) in [5.74, 6) is -2.02. The van der Waals surface area contributed by atoms with E-state index in [1.54, 1.807) is 34.9 Å². The molecule has 4 rings (SSSR count). The minimum absolute atomic E-state index is 0.0166. The minimum Gasteiger partial charge on any atom is -0.545 e. The number of benzene rings is 3. The van der Waals surface area contributed by atoms with Gasteiger partial charge < -0.3 is 9.90 Å². The molecule has 0 saturated heterocycles. The number of hydrogen-bond acceptors (Lipinski definition) is 6. The molecule has 194 valence electrons. The van der Waals surface area contributed by atoms with Crippen molar-refractivity contribution in [2.24, 2.45) is 0 Å². The van der Waals surface area contributed by atoms with Crippen LogP contribution in [0.15, 0.2) is 59.5 Å². The Kier molecular flexibility index (Phi) is 7.28. The van der Waals surface area contributed by atoms with Gasteiger partial charge in [-0.2, -0.15) is 21.4 Å². The Hall–Kier alpha value is -3.09. The molecule has 0 radical (unpaired) electrons. The highest BCUT2D eigenvalue weighted by Gasteiger charge is 2.27. The minimum atomic E-state index is -4.80. The zero-order valence-electron chi connectivity index (χ0n) is 19.5. The SMILES string of the molecule is CCc1ccc2c(C(=O)[O-])c3c(-c4cccc(Cl)c4S(=O)(=O)O)cccc3[n+](CCCS(=O)(=O)O)c2c1. The van der Waals surface area contributed by atoms with Crippen LogP contribution in [0, 0.1) is 0 Å². The van der Waals surface area contributed by atoms with Gasteiger partial charge in [-0.05, 0) is 29.7 Å². The maximum Gasteiger partial charge on any atom is 0.296 e. The van der Waals surface area contributed by atoms with E-state index in [-0.39, 0.29) is 40.1 Å². The number of halogens is 1. The van der Waals surface area contributed by atoms with Crippen molar-refractivity contribution in [3.63, 3.8) is 0 Å². The molecule has 3 aromatic carbocycles. The van der Waals surface area contributed by atoms with Crippen LogP contribution in [-0.2, 0) is 33.2 Å². The van der Waals surface area contributed by atoms with Gasteiger partial charge >= 0.3 is 0 Å². The number of carbonyl (C=O) groups excluding carboxylic acids is 1. The Morgan fingerprint density at radius 1 is 0.973 bits per heavy atom. The molecular formula is C25H22ClNO8S2. The maximum atomic E-state index is 12.5. The second kappa shape index (κ2) is 9.99. The Morgan fingerprint density at radius 2 is 1.65 bits per heavy atom. The molecule has 9 nitrogen and oxygen atoms in total. The van der Waals surface area contributed by atoms with Gasteiger partial charge in [0.05, 0.1) is 27.5 Å². The van der Waals surface area contributed by atoms with E-state index in [2.05, 4.69) is 0 Å². The number of pyridine rings is 1. The number of carboxylic acids is 1. The summed E-state index contributed by atoms with van der Waals surface area (Å²) in [6.07, 6.45) is 0.673. The quantitative estimate of drug-likeness (QED) is 0.188. The van der Waals surface area contributed by atoms with Crippen LogP contribution >= 0.6 is 11.6 Å². The van der Waals surface area contributed by atoms with Crippen LogP contribution in [0.25, 0.3) is 32.9 Å². The summed E-state index contributed by atoms with van der Waals surface area (Å²) in [7, 11) is -9.04. The van der Waals surface area contributed by atoms with Crippen LogP contribution < -0.4 is 9.67 Å². The van der Waals surface area contributed by atoms with E-state index >= 15 is 0 Å². The molecule has 0 aliphatic rings. The first-order chi connectivity index (χ1) is 17.3. The first kappa shape index (κ1) is 27.0. The second-order valence-corrected chi connectivity index (χ2v) is 11.8. The van der Waals surface area contributed by atoms with Gasteiger partial charge in [0, 0.05) is 29.7 Å². The molecule has 1 heterocycles. The van der Waals surface area contributed by atoms with Gasteiger partial charge in [-0.1, -0.05) is 48.9 Å². The molecule has 1 aromatic heterocycles. The van der Waals surface area contributed by atoms with Crippen molar-refractivity contribution in [3.8, 4) is 11.1 Å². The summed E-state index contributed by atoms with van der Waals surface area (Å²) in [5, 5.41) is 12.7. The molecule has 0 aliphatic heterocycles. The molecule has 0 fully saturated rings. The van der Waals surface area contributed by atoms with Crippen LogP contribution in [0.1, 0.15) is 29.3 Å². The third-order valence-electron chi connectivity index (χ3n) is 6.12. The van der Waals surface area contributed by atoms with Gasteiger partial charge in [-0.25, -0.2) is 0 Å². The highest BCUT2D eigenvalue weighted by molar-refractivity contribution is 7.86. The fourth-order valence-electron chi connectivity index (χ4n) is 4.59. The monoisotopic (exact) mass is 563 g/mol. The largest absolute Gasteiger partial charge is 0.545 e. The molecule has 4 aromatic rings. The number of aryl methyl sites for hydroxylation is 2. The molecule has 0 spiro atoms. The predicted octanol–water partition coefficient (Wildman–Crippen LogP) is 3.05. The molecule has 37 heavy (non-hydrogen) atoms. The lowest BCUT2D eigenvalue weighted by atomic mass is 9.93. The molecular weight excluding hydrogens is 542 g/mol. The maximum absolute atomic E-state index is 12.5. The van der Waals surface area contributed by atoms with Crippen LogP contribution in [0.3, 0.4) is 0 Å². The number of aromatic nitrogens is 1. The second-order valence-electron chi connectivity index (χ2n) is 8.45. The lowest BCUT2D eigenvalue weighted by Crippen LogP contribution is -2.38. The van der Waals surface area contributed by atoms with Gasteiger partial charge in [0.25, 0.3) is 20.2 Å². The van der Waals surface area contributed by atoms with E-state index < -0.39 is 36.9 Å². The van der Waals surface area contributed by atoms with Gasteiger partial charge in [0.15, 0.2) is 6.54 Å². The average Bonchev–Trinajstić information content (AvgIpc) is 2.81. The Bertz CT molecular complexity index is 1780. The molecule has 0 bridgehead atoms. The zero-order chi connectivity index (χ0) is 27.1. The number of hydrogen-bond donors (Lipinski definition) is 2. The summed E-state index contributed by atoms with van der Waals surface area (Å²) in [6.45, 7) is 2.02. The summed E-state index contributed by atoms with van der Waals surface area (Å²) >= 11 is 6.13. The molecule has 0 saturated carbocycles. The number of aromatic carboxylic acids is 1. The van der Waals surface area contributed by atoms with E-state index in [1.165, 1.54) is 24.3 Å². The van der Waals surface area contributed by atoms with Crippen molar-refractivity contribution in [2.75, 3.05) is 5.75 Å². The highest BCUT2D eigenvalue weighted by Crippen LogP contribution is 2.39. The lowest BCUT2D eigenvalue weighted by molar-refractivity contribution is -0.645. The lowest BCUT2D eigenvalue weighted by Gasteiger charge is -2.17. The van der Waals surface area contributed by atoms with Crippen molar-refractivity contribution in [2.45, 2.75) is 31.2 Å². The van der Waals surface area contributed by atoms with E-state index in [0.717, 1.165) is 5.56 Å². The van der Waals surface area contributed by atoms with Crippen molar-refractivity contribution in [1.82, 2.24) is 0 Å². The molecule has 0 unspecified atom stereocenters. The average molecular weight is 564 g/mol. The summed E-state index contributed by atoms with van der Waals surface area (Å²) in [4.78, 5) is 12.0. The van der Waals surface area contributed by atoms with Crippen LogP contribution in [0.2, 0.25) is 5.02 Å². The molecule has 0 aliphatic carbocycles. The van der Waals surface area contributed by atoms with E-state index in [9.17, 15) is 35.8 Å². The molecule has 0 amide bonds. The fourth-order valence-corrected chi connectivity index (χ4v) is 6.32. The highest BCUT2D eigenvalue weighted by atomic mass is 35.5. The first-order valence-corrected chi connectivity index (χ1v) is 14.6. The standard InChI is InChI=1S/C25H22ClNO8S2/c1-2-15-10-11-18-21(14-15)27(12-5-13-36(30,31)32)20-9-4-6-16(22(20)23(18)25(28)29)17-7-3-8-19(26)24(17)37(33,34)35/h3-4,6-11,14H,2,5,12-13H2,1H3,(H2-,28,29,30,31,32,33,34,35). The Labute approximate surface area is 218 Å². The molecule has 0 atom stereocenters. The fraction of sp³-hybridized carbons (Fsp3) is 0.200. The predicted molar refractivity (Wildman–Crippen MR) is 137 cm³/mol. The van der Waals surface area contributed by atoms with Crippen molar-refractivity contribution in [1.29, 1.82) is 0 Å². The van der Waals surface area contributed by atoms with Crippen LogP contribution in [0.4, 0.5) is 0 Å². The van der Waals surface area contributed by atoms with Gasteiger partial charge in [0.2, 0.25) is 11.0 Å². The summed E-state index contributed by atoms with van der Waals surface area (Å²) in [6, 6.07) is 14.0. The third kappa shape index (κ3) is 5.32. The number of rotatable bonds is 8. The van der Waals surface area contributed by atoms with Crippen LogP contribution in [-0.4, -0.2) is 37.7 Å². The third-order valence-corrected chi connectivity index (χ3v) is 8.30. The van der Waals surface area contributed by atoms with E-state index in [1.807, 2.05) is 6.92 Å². The van der Waals surface area contributed by atoms with Crippen molar-refractivity contribution >= 4 is 59.6 Å². The van der Waals surface area contributed by atoms with Gasteiger partial charge in [-0.15, -0.1) is 0 Å². The smallest absolute Gasteiger partial charge is 0.296 e. The Balaban J connectivity index is 2.19. The van der Waals surface area contributed by atoms with Gasteiger partial charge in [-0.3, -0.25) is 9.11 Å². The number of nitrogens with zero attached hydrogens (tertiary/aromatic N) is 1. The summed E-state index contributed by atoms with van der Waals surface area (Å²) in [5.41, 5.74) is 1.71. The van der Waals surface area contributed by atoms with Gasteiger partial charge in [0.1, 0.15) is 4.90 Å². The van der Waals surface area contributed by atoms with E-state index in [4.69, 9.17) is 11.6 Å². The summed E-state index contributed by atoms with van der Waals surface area (Å²) < 4.78 is 68.1. The number of carbonyl (C=O) groups is 1. The number of fused-ring (bicyclic) bond motifs is 2. The first-order valence-electron chi connectivity index (χ1n) is 11.2. The van der Waals surface area contributed by atoms with Crippen molar-refractivity contribution < 1.29 is 40.4 Å². The normalized spacial score (nSPS) is 12.3. The van der Waals surface area contributed by atoms with Crippen molar-refractivity contribution in [3.05, 3.63) is 70.7 Å². The molecule has 12 heteroatoms. The molecule has 2 N–H and O–H groups in total. The Morgan fingerprint density at radius 3 is 2.27 bits per heavy atom. The van der Waals surface area contributed by atoms with E-state index in [0.29, 0.717) is 22.8 Å².